The third kappa shape index (κ3) is 1.17. The Morgan fingerprint density at radius 1 is 1.36 bits per heavy atom. The molecule has 1 heterocycles. The number of rotatable bonds is 0. The monoisotopic (exact) mass is 188 g/mol. The van der Waals surface area contributed by atoms with Crippen LogP contribution in [0.2, 0.25) is 0 Å². The van der Waals surface area contributed by atoms with Gasteiger partial charge < -0.3 is 4.98 Å². The zero-order valence-electron chi connectivity index (χ0n) is 8.00. The summed E-state index contributed by atoms with van der Waals surface area (Å²) in [7, 11) is 3.37. The maximum atomic E-state index is 11.6. The summed E-state index contributed by atoms with van der Waals surface area (Å²) in [5, 5.41) is 0.540. The van der Waals surface area contributed by atoms with Gasteiger partial charge in [-0.05, 0) is 12.1 Å². The third-order valence-corrected chi connectivity index (χ3v) is 2.26. The van der Waals surface area contributed by atoms with Crippen LogP contribution in [-0.2, 0) is 7.05 Å². The van der Waals surface area contributed by atoms with Crippen molar-refractivity contribution in [2.75, 3.05) is 0 Å². The summed E-state index contributed by atoms with van der Waals surface area (Å²) in [5.41, 5.74) is 0.969. The maximum Gasteiger partial charge on any atom is 0.328 e. The smallest absolute Gasteiger partial charge is 0.307 e. The van der Waals surface area contributed by atoms with E-state index in [-0.39, 0.29) is 11.2 Å². The minimum atomic E-state index is -0.381. The molecule has 1 aromatic carbocycles. The Morgan fingerprint density at radius 2 is 2.07 bits per heavy atom. The Bertz CT molecular complexity index is 612. The van der Waals surface area contributed by atoms with E-state index < -0.39 is 0 Å². The highest BCUT2D eigenvalue weighted by atomic mass is 16.2. The largest absolute Gasteiger partial charge is 0.328 e. The summed E-state index contributed by atoms with van der Waals surface area (Å²) >= 11 is 0. The predicted molar refractivity (Wildman–Crippen MR) is 58.0 cm³/mol. The highest BCUT2D eigenvalue weighted by molar-refractivity contribution is 6.33. The summed E-state index contributed by atoms with van der Waals surface area (Å²) in [4.78, 5) is 25.5. The first kappa shape index (κ1) is 8.81. The fourth-order valence-electron chi connectivity index (χ4n) is 1.42. The molecular weight excluding hydrogens is 179 g/mol. The number of nitrogens with zero attached hydrogens (tertiary/aromatic N) is 1. The van der Waals surface area contributed by atoms with Crippen LogP contribution in [0.25, 0.3) is 10.9 Å². The van der Waals surface area contributed by atoms with Gasteiger partial charge in [-0.3, -0.25) is 9.36 Å². The Labute approximate surface area is 80.6 Å². The van der Waals surface area contributed by atoms with Crippen molar-refractivity contribution in [2.45, 2.75) is 0 Å². The van der Waals surface area contributed by atoms with Gasteiger partial charge in [0.1, 0.15) is 7.85 Å². The van der Waals surface area contributed by atoms with Gasteiger partial charge in [-0.2, -0.15) is 0 Å². The SMILES string of the molecule is Bc1ccc2c(=O)n(C)c(=O)[nH]c2c1. The van der Waals surface area contributed by atoms with E-state index in [1.54, 1.807) is 12.1 Å². The van der Waals surface area contributed by atoms with E-state index in [4.69, 9.17) is 0 Å². The Kier molecular flexibility index (Phi) is 1.80. The molecule has 2 aromatic rings. The summed E-state index contributed by atoms with van der Waals surface area (Å²) in [6.07, 6.45) is 0. The molecule has 4 nitrogen and oxygen atoms in total. The van der Waals surface area contributed by atoms with Gasteiger partial charge in [0.15, 0.2) is 0 Å². The molecule has 0 spiro atoms. The second kappa shape index (κ2) is 2.87. The van der Waals surface area contributed by atoms with Crippen molar-refractivity contribution in [1.29, 1.82) is 0 Å². The molecule has 0 aliphatic heterocycles. The van der Waals surface area contributed by atoms with Crippen LogP contribution in [0.1, 0.15) is 0 Å². The van der Waals surface area contributed by atoms with Gasteiger partial charge in [0.05, 0.1) is 10.9 Å². The molecule has 0 saturated carbocycles. The zero-order valence-corrected chi connectivity index (χ0v) is 8.00. The molecule has 0 unspecified atom stereocenters. The van der Waals surface area contributed by atoms with Crippen molar-refractivity contribution in [3.8, 4) is 0 Å². The molecule has 14 heavy (non-hydrogen) atoms. The fourth-order valence-corrected chi connectivity index (χ4v) is 1.42. The average molecular weight is 188 g/mol. The van der Waals surface area contributed by atoms with E-state index in [2.05, 4.69) is 4.98 Å². The molecule has 0 atom stereocenters. The van der Waals surface area contributed by atoms with Gasteiger partial charge in [-0.15, -0.1) is 0 Å². The van der Waals surface area contributed by atoms with Gasteiger partial charge in [0.2, 0.25) is 0 Å². The maximum absolute atomic E-state index is 11.6. The lowest BCUT2D eigenvalue weighted by Gasteiger charge is -2.01. The van der Waals surface area contributed by atoms with Crippen LogP contribution in [0.5, 0.6) is 0 Å². The molecule has 0 bridgehead atoms. The average Bonchev–Trinajstić information content (AvgIpc) is 2.14. The fraction of sp³-hybridized carbons (Fsp3) is 0.111. The van der Waals surface area contributed by atoms with E-state index in [9.17, 15) is 9.59 Å². The van der Waals surface area contributed by atoms with Gasteiger partial charge in [-0.1, -0.05) is 11.5 Å². The van der Waals surface area contributed by atoms with Gasteiger partial charge in [-0.25, -0.2) is 4.79 Å². The Balaban J connectivity index is 3.06. The number of hydrogen-bond acceptors (Lipinski definition) is 2. The van der Waals surface area contributed by atoms with E-state index >= 15 is 0 Å². The van der Waals surface area contributed by atoms with Crippen LogP contribution in [0.15, 0.2) is 27.8 Å². The van der Waals surface area contributed by atoms with Crippen LogP contribution in [-0.4, -0.2) is 17.4 Å². The number of aromatic amines is 1. The van der Waals surface area contributed by atoms with Gasteiger partial charge in [0.25, 0.3) is 5.56 Å². The molecule has 0 aliphatic rings. The molecule has 0 fully saturated rings. The first-order valence-electron chi connectivity index (χ1n) is 4.29. The number of fused-ring (bicyclic) bond motifs is 1. The Morgan fingerprint density at radius 3 is 2.79 bits per heavy atom. The zero-order chi connectivity index (χ0) is 10.3. The molecule has 1 aromatic heterocycles. The molecule has 0 saturated heterocycles. The quantitative estimate of drug-likeness (QED) is 0.510. The van der Waals surface area contributed by atoms with Crippen LogP contribution in [0.3, 0.4) is 0 Å². The van der Waals surface area contributed by atoms with E-state index in [1.165, 1.54) is 7.05 Å². The third-order valence-electron chi connectivity index (χ3n) is 2.26. The topological polar surface area (TPSA) is 54.9 Å². The molecule has 0 radical (unpaired) electrons. The van der Waals surface area contributed by atoms with Crippen LogP contribution >= 0.6 is 0 Å². The molecule has 5 heteroatoms. The second-order valence-corrected chi connectivity index (χ2v) is 3.34. The lowest BCUT2D eigenvalue weighted by molar-refractivity contribution is 0.794. The van der Waals surface area contributed by atoms with Crippen molar-refractivity contribution < 1.29 is 0 Å². The van der Waals surface area contributed by atoms with Crippen LogP contribution in [0.4, 0.5) is 0 Å². The Hall–Kier alpha value is -1.78. The van der Waals surface area contributed by atoms with Crippen molar-refractivity contribution in [3.63, 3.8) is 0 Å². The molecular formula is C9H9BN2O2. The standard InChI is InChI=1S/C9H9BN2O2/c1-12-8(13)6-3-2-5(10)4-7(6)11-9(12)14/h2-4H,10H2,1H3,(H,11,14). The minimum Gasteiger partial charge on any atom is -0.307 e. The van der Waals surface area contributed by atoms with E-state index in [0.717, 1.165) is 10.0 Å². The number of hydrogen-bond donors (Lipinski definition) is 1. The molecule has 70 valence electrons. The van der Waals surface area contributed by atoms with Crippen molar-refractivity contribution in [3.05, 3.63) is 39.0 Å². The van der Waals surface area contributed by atoms with E-state index in [0.29, 0.717) is 10.9 Å². The number of H-pyrrole nitrogens is 1. The molecule has 0 aliphatic carbocycles. The summed E-state index contributed by atoms with van der Waals surface area (Å²) < 4.78 is 1.07. The van der Waals surface area contributed by atoms with Crippen LogP contribution in [0, 0.1) is 0 Å². The van der Waals surface area contributed by atoms with E-state index in [1.807, 2.05) is 13.9 Å². The summed E-state index contributed by atoms with van der Waals surface area (Å²) in [5.74, 6) is 0. The second-order valence-electron chi connectivity index (χ2n) is 3.34. The van der Waals surface area contributed by atoms with Crippen LogP contribution < -0.4 is 16.7 Å². The predicted octanol–water partition coefficient (Wildman–Crippen LogP) is -1.51. The van der Waals surface area contributed by atoms with Crippen molar-refractivity contribution in [1.82, 2.24) is 9.55 Å². The highest BCUT2D eigenvalue weighted by Crippen LogP contribution is 2.00. The molecule has 2 rings (SSSR count). The molecule has 1 N–H and O–H groups in total. The minimum absolute atomic E-state index is 0.260. The first-order valence-corrected chi connectivity index (χ1v) is 4.29. The number of nitrogens with one attached hydrogen (secondary N) is 1. The summed E-state index contributed by atoms with van der Waals surface area (Å²) in [6, 6.07) is 5.36. The lowest BCUT2D eigenvalue weighted by Crippen LogP contribution is -2.32. The van der Waals surface area contributed by atoms with Gasteiger partial charge >= 0.3 is 5.69 Å². The summed E-state index contributed by atoms with van der Waals surface area (Å²) in [6.45, 7) is 0. The van der Waals surface area contributed by atoms with Crippen molar-refractivity contribution >= 4 is 24.2 Å². The highest BCUT2D eigenvalue weighted by Gasteiger charge is 2.03. The van der Waals surface area contributed by atoms with Gasteiger partial charge in [0, 0.05) is 7.05 Å². The first-order chi connectivity index (χ1) is 6.59. The number of benzene rings is 1. The van der Waals surface area contributed by atoms with Crippen molar-refractivity contribution in [2.24, 2.45) is 7.05 Å². The molecule has 0 amide bonds. The normalized spacial score (nSPS) is 10.6. The lowest BCUT2D eigenvalue weighted by atomic mass is 9.95. The number of aromatic nitrogens is 2.